The molecule has 1 heterocycles. The molecule has 0 fully saturated rings. The molecule has 180 valence electrons. The van der Waals surface area contributed by atoms with Crippen LogP contribution >= 0.6 is 0 Å². The van der Waals surface area contributed by atoms with E-state index in [0.29, 0.717) is 0 Å². The highest BCUT2D eigenvalue weighted by atomic mass is 16.3. The van der Waals surface area contributed by atoms with E-state index in [1.165, 1.54) is 22.3 Å². The maximum absolute atomic E-state index is 11.3. The molecular weight excluding hydrogens is 428 g/mol. The van der Waals surface area contributed by atoms with Gasteiger partial charge in [0.1, 0.15) is 5.54 Å². The monoisotopic (exact) mass is 464 g/mol. The first-order valence-corrected chi connectivity index (χ1v) is 12.5. The molecule has 0 spiro atoms. The molecule has 4 rings (SSSR count). The zero-order valence-electron chi connectivity index (χ0n) is 21.6. The maximum atomic E-state index is 11.3. The van der Waals surface area contributed by atoms with Gasteiger partial charge in [0.2, 0.25) is 0 Å². The molecule has 0 aliphatic carbocycles. The Balaban J connectivity index is 0.00000167. The van der Waals surface area contributed by atoms with E-state index < -0.39 is 5.54 Å². The van der Waals surface area contributed by atoms with Crippen molar-refractivity contribution in [3.63, 3.8) is 0 Å². The third-order valence-electron chi connectivity index (χ3n) is 6.08. The highest BCUT2D eigenvalue weighted by Crippen LogP contribution is 2.28. The molecule has 0 amide bonds. The van der Waals surface area contributed by atoms with Crippen molar-refractivity contribution in [1.82, 2.24) is 4.98 Å². The second kappa shape index (κ2) is 12.2. The zero-order chi connectivity index (χ0) is 25.3. The fourth-order valence-electron chi connectivity index (χ4n) is 4.24. The largest absolute Gasteiger partial charge is 0.248 e. The standard InChI is InChI=1S/C30H30N2O.C2H6/c1-22-14-16-26-17-19-27(31-29(26)20-22)18-15-24-9-6-8-23(21-24)10-7-12-25-11-4-5-13-28(25)30(2,3)32-33;1-2/h4-6,8-9,11,13-21H,7,10,12H2,1-3H3;1-2H3/b18-15+;. The van der Waals surface area contributed by atoms with Crippen LogP contribution in [0.25, 0.3) is 23.1 Å². The molecule has 0 aliphatic rings. The van der Waals surface area contributed by atoms with Crippen molar-refractivity contribution in [2.24, 2.45) is 5.18 Å². The molecular formula is C32H36N2O. The summed E-state index contributed by atoms with van der Waals surface area (Å²) in [6, 6.07) is 27.3. The van der Waals surface area contributed by atoms with E-state index in [2.05, 4.69) is 84.9 Å². The summed E-state index contributed by atoms with van der Waals surface area (Å²) in [5.41, 5.74) is 7.22. The molecule has 0 radical (unpaired) electrons. The minimum absolute atomic E-state index is 0.698. The summed E-state index contributed by atoms with van der Waals surface area (Å²) in [4.78, 5) is 16.1. The minimum atomic E-state index is -0.698. The third kappa shape index (κ3) is 6.95. The van der Waals surface area contributed by atoms with E-state index in [1.807, 2.05) is 45.9 Å². The smallest absolute Gasteiger partial charge is 0.122 e. The van der Waals surface area contributed by atoms with Crippen LogP contribution in [0, 0.1) is 11.8 Å². The lowest BCUT2D eigenvalue weighted by atomic mass is 9.88. The molecule has 3 nitrogen and oxygen atoms in total. The molecule has 3 heteroatoms. The predicted octanol–water partition coefficient (Wildman–Crippen LogP) is 8.92. The minimum Gasteiger partial charge on any atom is -0.248 e. The highest BCUT2D eigenvalue weighted by Gasteiger charge is 2.23. The summed E-state index contributed by atoms with van der Waals surface area (Å²) in [6.45, 7) is 9.84. The van der Waals surface area contributed by atoms with Crippen LogP contribution in [0.15, 0.2) is 84.0 Å². The van der Waals surface area contributed by atoms with Gasteiger partial charge in [-0.05, 0) is 86.1 Å². The molecule has 0 N–H and O–H groups in total. The van der Waals surface area contributed by atoms with E-state index in [0.717, 1.165) is 41.4 Å². The van der Waals surface area contributed by atoms with Crippen LogP contribution in [0.2, 0.25) is 0 Å². The first-order chi connectivity index (χ1) is 16.9. The summed E-state index contributed by atoms with van der Waals surface area (Å²) in [5, 5.41) is 4.49. The van der Waals surface area contributed by atoms with Crippen LogP contribution in [-0.2, 0) is 18.4 Å². The topological polar surface area (TPSA) is 42.3 Å². The Morgan fingerprint density at radius 3 is 2.43 bits per heavy atom. The van der Waals surface area contributed by atoms with Gasteiger partial charge in [-0.25, -0.2) is 4.98 Å². The number of hydrogen-bond acceptors (Lipinski definition) is 3. The van der Waals surface area contributed by atoms with Crippen LogP contribution in [-0.4, -0.2) is 4.98 Å². The van der Waals surface area contributed by atoms with Crippen molar-refractivity contribution < 1.29 is 0 Å². The fraction of sp³-hybridized carbons (Fsp3) is 0.281. The number of nitroso groups, excluding NO2 is 1. The lowest BCUT2D eigenvalue weighted by Crippen LogP contribution is -2.15. The lowest BCUT2D eigenvalue weighted by Gasteiger charge is -2.20. The number of aryl methyl sites for hydroxylation is 3. The number of fused-ring (bicyclic) bond motifs is 1. The number of rotatable bonds is 8. The van der Waals surface area contributed by atoms with Crippen molar-refractivity contribution in [3.05, 3.63) is 117 Å². The van der Waals surface area contributed by atoms with Crippen molar-refractivity contribution >= 4 is 23.1 Å². The molecule has 0 saturated heterocycles. The van der Waals surface area contributed by atoms with Gasteiger partial charge in [0.05, 0.1) is 11.2 Å². The van der Waals surface area contributed by atoms with Crippen molar-refractivity contribution in [2.45, 2.75) is 59.4 Å². The molecule has 0 saturated carbocycles. The summed E-state index contributed by atoms with van der Waals surface area (Å²) in [7, 11) is 0. The first-order valence-electron chi connectivity index (χ1n) is 12.5. The van der Waals surface area contributed by atoms with Gasteiger partial charge in [-0.3, -0.25) is 0 Å². The Morgan fingerprint density at radius 2 is 1.63 bits per heavy atom. The second-order valence-electron chi connectivity index (χ2n) is 9.17. The fourth-order valence-corrected chi connectivity index (χ4v) is 4.24. The molecule has 3 aromatic carbocycles. The summed E-state index contributed by atoms with van der Waals surface area (Å²) < 4.78 is 0. The van der Waals surface area contributed by atoms with Crippen LogP contribution in [0.5, 0.6) is 0 Å². The molecule has 4 aromatic rings. The van der Waals surface area contributed by atoms with E-state index in [1.54, 1.807) is 0 Å². The van der Waals surface area contributed by atoms with Crippen molar-refractivity contribution in [2.75, 3.05) is 0 Å². The average molecular weight is 465 g/mol. The first kappa shape index (κ1) is 26.0. The van der Waals surface area contributed by atoms with Crippen LogP contribution in [0.3, 0.4) is 0 Å². The Bertz CT molecular complexity index is 1300. The van der Waals surface area contributed by atoms with Gasteiger partial charge in [-0.1, -0.05) is 91.8 Å². The number of benzene rings is 3. The van der Waals surface area contributed by atoms with Gasteiger partial charge in [0.25, 0.3) is 0 Å². The summed E-state index contributed by atoms with van der Waals surface area (Å²) in [6.07, 6.45) is 7.13. The summed E-state index contributed by atoms with van der Waals surface area (Å²) >= 11 is 0. The molecule has 0 unspecified atom stereocenters. The van der Waals surface area contributed by atoms with Gasteiger partial charge < -0.3 is 0 Å². The molecule has 0 aliphatic heterocycles. The number of hydrogen-bond donors (Lipinski definition) is 0. The molecule has 0 bridgehead atoms. The van der Waals surface area contributed by atoms with Gasteiger partial charge in [-0.15, -0.1) is 4.91 Å². The van der Waals surface area contributed by atoms with Gasteiger partial charge >= 0.3 is 0 Å². The van der Waals surface area contributed by atoms with Crippen molar-refractivity contribution in [1.29, 1.82) is 0 Å². The number of nitrogens with zero attached hydrogens (tertiary/aromatic N) is 2. The van der Waals surface area contributed by atoms with Gasteiger partial charge in [0.15, 0.2) is 0 Å². The highest BCUT2D eigenvalue weighted by molar-refractivity contribution is 5.81. The molecule has 1 aromatic heterocycles. The van der Waals surface area contributed by atoms with E-state index in [9.17, 15) is 4.91 Å². The van der Waals surface area contributed by atoms with E-state index in [-0.39, 0.29) is 0 Å². The second-order valence-corrected chi connectivity index (χ2v) is 9.17. The normalized spacial score (nSPS) is 11.3. The van der Waals surface area contributed by atoms with Crippen LogP contribution in [0.1, 0.15) is 67.6 Å². The lowest BCUT2D eigenvalue weighted by molar-refractivity contribution is 0.544. The average Bonchev–Trinajstić information content (AvgIpc) is 2.89. The molecule has 0 atom stereocenters. The predicted molar refractivity (Wildman–Crippen MR) is 150 cm³/mol. The number of aromatic nitrogens is 1. The van der Waals surface area contributed by atoms with Gasteiger partial charge in [-0.2, -0.15) is 0 Å². The zero-order valence-corrected chi connectivity index (χ0v) is 21.6. The van der Waals surface area contributed by atoms with Gasteiger partial charge in [0, 0.05) is 5.39 Å². The van der Waals surface area contributed by atoms with Crippen LogP contribution < -0.4 is 0 Å². The summed E-state index contributed by atoms with van der Waals surface area (Å²) in [5.74, 6) is 0. The Hall–Kier alpha value is -3.59. The SMILES string of the molecule is CC.Cc1ccc2ccc(/C=C/c3cccc(CCCc4ccccc4C(C)(C)N=O)c3)nc2c1. The van der Waals surface area contributed by atoms with E-state index in [4.69, 9.17) is 4.98 Å². The Morgan fingerprint density at radius 1 is 0.857 bits per heavy atom. The molecule has 35 heavy (non-hydrogen) atoms. The maximum Gasteiger partial charge on any atom is 0.122 e. The Kier molecular flexibility index (Phi) is 9.08. The quantitative estimate of drug-likeness (QED) is 0.244. The van der Waals surface area contributed by atoms with Crippen molar-refractivity contribution in [3.8, 4) is 0 Å². The Labute approximate surface area is 209 Å². The van der Waals surface area contributed by atoms with E-state index >= 15 is 0 Å². The third-order valence-corrected chi connectivity index (χ3v) is 6.08. The number of pyridine rings is 1. The van der Waals surface area contributed by atoms with Crippen LogP contribution in [0.4, 0.5) is 0 Å².